The number of hydrogen-bond donors (Lipinski definition) is 1. The van der Waals surface area contributed by atoms with Crippen molar-refractivity contribution in [3.8, 4) is 0 Å². The molecule has 0 aromatic carbocycles. The van der Waals surface area contributed by atoms with Crippen molar-refractivity contribution in [1.82, 2.24) is 9.88 Å². The Hall–Kier alpha value is -0.450. The Kier molecular flexibility index (Phi) is 5.07. The second-order valence-corrected chi connectivity index (χ2v) is 4.18. The highest BCUT2D eigenvalue weighted by Gasteiger charge is 2.05. The molecule has 14 heavy (non-hydrogen) atoms. The fourth-order valence-corrected chi connectivity index (χ4v) is 2.19. The molecule has 0 fully saturated rings. The predicted octanol–water partition coefficient (Wildman–Crippen LogP) is 1.49. The Bertz CT molecular complexity index is 256. The molecular weight excluding hydrogens is 194 g/mol. The van der Waals surface area contributed by atoms with Crippen molar-refractivity contribution in [1.29, 1.82) is 0 Å². The average molecular weight is 213 g/mol. The smallest absolute Gasteiger partial charge is 0.107 e. The summed E-state index contributed by atoms with van der Waals surface area (Å²) >= 11 is 1.74. The SMILES string of the molecule is CCN(CC)Cc1nc(CCN)cs1. The molecule has 1 aromatic rings. The number of rotatable bonds is 6. The molecule has 3 nitrogen and oxygen atoms in total. The molecule has 0 aliphatic carbocycles. The molecule has 0 aliphatic heterocycles. The van der Waals surface area contributed by atoms with Crippen molar-refractivity contribution in [3.05, 3.63) is 16.1 Å². The van der Waals surface area contributed by atoms with Gasteiger partial charge in [0.05, 0.1) is 12.2 Å². The van der Waals surface area contributed by atoms with Gasteiger partial charge in [-0.05, 0) is 19.6 Å². The van der Waals surface area contributed by atoms with E-state index >= 15 is 0 Å². The van der Waals surface area contributed by atoms with Crippen LogP contribution in [0.15, 0.2) is 5.38 Å². The first-order valence-electron chi connectivity index (χ1n) is 5.15. The van der Waals surface area contributed by atoms with Crippen LogP contribution in [-0.4, -0.2) is 29.5 Å². The first-order valence-corrected chi connectivity index (χ1v) is 6.03. The predicted molar refractivity (Wildman–Crippen MR) is 61.5 cm³/mol. The maximum absolute atomic E-state index is 5.48. The van der Waals surface area contributed by atoms with E-state index < -0.39 is 0 Å². The van der Waals surface area contributed by atoms with E-state index in [2.05, 4.69) is 29.1 Å². The highest BCUT2D eigenvalue weighted by Crippen LogP contribution is 2.12. The molecule has 80 valence electrons. The quantitative estimate of drug-likeness (QED) is 0.778. The minimum absolute atomic E-state index is 0.689. The summed E-state index contributed by atoms with van der Waals surface area (Å²) in [5.41, 5.74) is 6.62. The minimum atomic E-state index is 0.689. The molecule has 0 spiro atoms. The Morgan fingerprint density at radius 2 is 2.14 bits per heavy atom. The molecular formula is C10H19N3S. The van der Waals surface area contributed by atoms with Gasteiger partial charge in [0.25, 0.3) is 0 Å². The molecule has 0 amide bonds. The highest BCUT2D eigenvalue weighted by molar-refractivity contribution is 7.09. The zero-order chi connectivity index (χ0) is 10.4. The zero-order valence-electron chi connectivity index (χ0n) is 8.99. The minimum Gasteiger partial charge on any atom is -0.330 e. The third-order valence-corrected chi connectivity index (χ3v) is 3.14. The zero-order valence-corrected chi connectivity index (χ0v) is 9.81. The lowest BCUT2D eigenvalue weighted by Crippen LogP contribution is -2.22. The molecule has 1 heterocycles. The first-order chi connectivity index (χ1) is 6.80. The summed E-state index contributed by atoms with van der Waals surface area (Å²) in [7, 11) is 0. The van der Waals surface area contributed by atoms with Crippen LogP contribution in [0.2, 0.25) is 0 Å². The van der Waals surface area contributed by atoms with Crippen LogP contribution >= 0.6 is 11.3 Å². The van der Waals surface area contributed by atoms with Crippen LogP contribution in [0.1, 0.15) is 24.5 Å². The summed E-state index contributed by atoms with van der Waals surface area (Å²) in [5.74, 6) is 0. The van der Waals surface area contributed by atoms with Gasteiger partial charge in [0.1, 0.15) is 5.01 Å². The van der Waals surface area contributed by atoms with Gasteiger partial charge in [-0.2, -0.15) is 0 Å². The molecule has 0 aliphatic rings. The number of hydrogen-bond acceptors (Lipinski definition) is 4. The van der Waals surface area contributed by atoms with E-state index in [1.54, 1.807) is 11.3 Å². The van der Waals surface area contributed by atoms with Crippen LogP contribution in [-0.2, 0) is 13.0 Å². The number of nitrogens with zero attached hydrogens (tertiary/aromatic N) is 2. The van der Waals surface area contributed by atoms with Crippen molar-refractivity contribution < 1.29 is 0 Å². The van der Waals surface area contributed by atoms with E-state index in [4.69, 9.17) is 5.73 Å². The van der Waals surface area contributed by atoms with Gasteiger partial charge in [-0.1, -0.05) is 13.8 Å². The van der Waals surface area contributed by atoms with Gasteiger partial charge < -0.3 is 5.73 Å². The van der Waals surface area contributed by atoms with E-state index in [0.717, 1.165) is 31.7 Å². The molecule has 0 unspecified atom stereocenters. The van der Waals surface area contributed by atoms with E-state index in [0.29, 0.717) is 6.54 Å². The monoisotopic (exact) mass is 213 g/mol. The lowest BCUT2D eigenvalue weighted by atomic mass is 10.3. The summed E-state index contributed by atoms with van der Waals surface area (Å²) in [5, 5.41) is 3.32. The van der Waals surface area contributed by atoms with Gasteiger partial charge in [-0.15, -0.1) is 11.3 Å². The third kappa shape index (κ3) is 3.36. The lowest BCUT2D eigenvalue weighted by molar-refractivity contribution is 0.295. The Morgan fingerprint density at radius 3 is 2.71 bits per heavy atom. The molecule has 0 saturated heterocycles. The number of aromatic nitrogens is 1. The maximum Gasteiger partial charge on any atom is 0.107 e. The van der Waals surface area contributed by atoms with Gasteiger partial charge in [-0.3, -0.25) is 4.90 Å². The fourth-order valence-electron chi connectivity index (χ4n) is 1.32. The third-order valence-electron chi connectivity index (χ3n) is 2.25. The van der Waals surface area contributed by atoms with Gasteiger partial charge in [-0.25, -0.2) is 4.98 Å². The van der Waals surface area contributed by atoms with Crippen LogP contribution in [0.25, 0.3) is 0 Å². The van der Waals surface area contributed by atoms with Crippen LogP contribution in [0.5, 0.6) is 0 Å². The van der Waals surface area contributed by atoms with E-state index in [1.807, 2.05) is 0 Å². The van der Waals surface area contributed by atoms with Crippen molar-refractivity contribution in [2.75, 3.05) is 19.6 Å². The number of nitrogens with two attached hydrogens (primary N) is 1. The summed E-state index contributed by atoms with van der Waals surface area (Å²) in [6, 6.07) is 0. The van der Waals surface area contributed by atoms with Crippen molar-refractivity contribution in [3.63, 3.8) is 0 Å². The summed E-state index contributed by atoms with van der Waals surface area (Å²) < 4.78 is 0. The average Bonchev–Trinajstić information content (AvgIpc) is 2.63. The molecule has 1 aromatic heterocycles. The van der Waals surface area contributed by atoms with E-state index in [1.165, 1.54) is 5.01 Å². The van der Waals surface area contributed by atoms with E-state index in [-0.39, 0.29) is 0 Å². The summed E-state index contributed by atoms with van der Waals surface area (Å²) in [6.45, 7) is 8.19. The topological polar surface area (TPSA) is 42.2 Å². The van der Waals surface area contributed by atoms with E-state index in [9.17, 15) is 0 Å². The van der Waals surface area contributed by atoms with Crippen molar-refractivity contribution >= 4 is 11.3 Å². The second-order valence-electron chi connectivity index (χ2n) is 3.23. The molecule has 4 heteroatoms. The van der Waals surface area contributed by atoms with Crippen LogP contribution in [0, 0.1) is 0 Å². The van der Waals surface area contributed by atoms with Crippen LogP contribution < -0.4 is 5.73 Å². The first kappa shape index (κ1) is 11.6. The van der Waals surface area contributed by atoms with Crippen molar-refractivity contribution in [2.45, 2.75) is 26.8 Å². The summed E-state index contributed by atoms with van der Waals surface area (Å²) in [4.78, 5) is 6.90. The highest BCUT2D eigenvalue weighted by atomic mass is 32.1. The fraction of sp³-hybridized carbons (Fsp3) is 0.700. The molecule has 1 rings (SSSR count). The van der Waals surface area contributed by atoms with Gasteiger partial charge in [0.2, 0.25) is 0 Å². The van der Waals surface area contributed by atoms with Gasteiger partial charge in [0, 0.05) is 11.8 Å². The molecule has 0 saturated carbocycles. The molecule has 0 radical (unpaired) electrons. The van der Waals surface area contributed by atoms with Crippen LogP contribution in [0.4, 0.5) is 0 Å². The van der Waals surface area contributed by atoms with Crippen molar-refractivity contribution in [2.24, 2.45) is 5.73 Å². The van der Waals surface area contributed by atoms with Gasteiger partial charge >= 0.3 is 0 Å². The lowest BCUT2D eigenvalue weighted by Gasteiger charge is -2.15. The second kappa shape index (κ2) is 6.11. The Labute approximate surface area is 89.9 Å². The van der Waals surface area contributed by atoms with Crippen LogP contribution in [0.3, 0.4) is 0 Å². The maximum atomic E-state index is 5.48. The largest absolute Gasteiger partial charge is 0.330 e. The summed E-state index contributed by atoms with van der Waals surface area (Å²) in [6.07, 6.45) is 0.898. The molecule has 0 atom stereocenters. The standard InChI is InChI=1S/C10H19N3S/c1-3-13(4-2)7-10-12-9(5-6-11)8-14-10/h8H,3-7,11H2,1-2H3. The normalized spacial score (nSPS) is 11.1. The molecule has 0 bridgehead atoms. The number of thiazole rings is 1. The molecule has 2 N–H and O–H groups in total. The Morgan fingerprint density at radius 1 is 1.43 bits per heavy atom. The Balaban J connectivity index is 2.49. The van der Waals surface area contributed by atoms with Gasteiger partial charge in [0.15, 0.2) is 0 Å².